The summed E-state index contributed by atoms with van der Waals surface area (Å²) in [6.07, 6.45) is 41.5. The fraction of sp³-hybridized carbons (Fsp3) is 0.909. The third-order valence-corrected chi connectivity index (χ3v) is 13.5. The zero-order chi connectivity index (χ0) is 48.3. The van der Waals surface area contributed by atoms with Gasteiger partial charge in [-0.3, -0.25) is 4.79 Å². The van der Waals surface area contributed by atoms with Crippen LogP contribution in [0.4, 0.5) is 0 Å². The summed E-state index contributed by atoms with van der Waals surface area (Å²) in [5, 5.41) is 75.5. The number of carbonyl (C=O) groups is 1. The molecule has 0 spiro atoms. The Kier molecular flexibility index (Phi) is 42.5. The summed E-state index contributed by atoms with van der Waals surface area (Å²) in [6, 6.07) is -1.16. The number of ether oxygens (including phenoxy) is 2. The van der Waals surface area contributed by atoms with Gasteiger partial charge in [0.1, 0.15) is 36.6 Å². The molecule has 0 bridgehead atoms. The number of rotatable bonds is 47. The minimum Gasteiger partial charge on any atom is -0.394 e. The van der Waals surface area contributed by atoms with Gasteiger partial charge in [0, 0.05) is 0 Å². The SMILES string of the molecule is CCCCCCCCCCC/C=C\C/C=C\CCCCCCCCCCCCCCCCCCC(O)C(=O)NC(COC1OC(CO)C(O)C(O)C1O)C(O)C(O)CCCCCCCCC. The summed E-state index contributed by atoms with van der Waals surface area (Å²) in [5.74, 6) is -0.698. The van der Waals surface area contributed by atoms with Crippen molar-refractivity contribution < 1.29 is 50.0 Å². The predicted molar refractivity (Wildman–Crippen MR) is 270 cm³/mol. The average Bonchev–Trinajstić information content (AvgIpc) is 3.32. The summed E-state index contributed by atoms with van der Waals surface area (Å²) >= 11 is 0. The van der Waals surface area contributed by atoms with Crippen molar-refractivity contribution in [3.63, 3.8) is 0 Å². The first kappa shape index (κ1) is 62.6. The lowest BCUT2D eigenvalue weighted by atomic mass is 9.98. The Morgan fingerprint density at radius 2 is 0.924 bits per heavy atom. The molecule has 1 rings (SSSR count). The molecular formula is C55H105NO10. The van der Waals surface area contributed by atoms with E-state index in [0.29, 0.717) is 19.3 Å². The van der Waals surface area contributed by atoms with Crippen molar-refractivity contribution >= 4 is 5.91 Å². The quantitative estimate of drug-likeness (QED) is 0.0215. The minimum absolute atomic E-state index is 0.262. The maximum absolute atomic E-state index is 13.1. The molecule has 11 heteroatoms. The van der Waals surface area contributed by atoms with Gasteiger partial charge in [-0.15, -0.1) is 0 Å². The van der Waals surface area contributed by atoms with Gasteiger partial charge in [-0.05, 0) is 44.9 Å². The van der Waals surface area contributed by atoms with Gasteiger partial charge in [0.25, 0.3) is 0 Å². The maximum Gasteiger partial charge on any atom is 0.249 e. The molecule has 9 unspecified atom stereocenters. The first-order valence-corrected chi connectivity index (χ1v) is 27.7. The van der Waals surface area contributed by atoms with Crippen molar-refractivity contribution in [3.05, 3.63) is 24.3 Å². The summed E-state index contributed by atoms with van der Waals surface area (Å²) in [4.78, 5) is 13.1. The highest BCUT2D eigenvalue weighted by molar-refractivity contribution is 5.80. The summed E-state index contributed by atoms with van der Waals surface area (Å²) in [6.45, 7) is 3.39. The molecule has 1 heterocycles. The van der Waals surface area contributed by atoms with Gasteiger partial charge in [-0.2, -0.15) is 0 Å². The van der Waals surface area contributed by atoms with Crippen molar-refractivity contribution in [2.45, 2.75) is 306 Å². The molecule has 66 heavy (non-hydrogen) atoms. The lowest BCUT2D eigenvalue weighted by molar-refractivity contribution is -0.303. The Bertz CT molecular complexity index is 1120. The van der Waals surface area contributed by atoms with Crippen LogP contribution in [0.1, 0.15) is 251 Å². The van der Waals surface area contributed by atoms with Crippen molar-refractivity contribution in [2.24, 2.45) is 0 Å². The third-order valence-electron chi connectivity index (χ3n) is 13.5. The van der Waals surface area contributed by atoms with Crippen LogP contribution < -0.4 is 5.32 Å². The maximum atomic E-state index is 13.1. The van der Waals surface area contributed by atoms with E-state index in [2.05, 4.69) is 43.5 Å². The van der Waals surface area contributed by atoms with Crippen LogP contribution in [0, 0.1) is 0 Å². The number of hydrogen-bond donors (Lipinski definition) is 8. The summed E-state index contributed by atoms with van der Waals surface area (Å²) in [7, 11) is 0. The second kappa shape index (κ2) is 44.8. The normalized spacial score (nSPS) is 20.9. The first-order chi connectivity index (χ1) is 32.2. The zero-order valence-corrected chi connectivity index (χ0v) is 42.4. The molecule has 8 N–H and O–H groups in total. The molecule has 1 aliphatic rings. The molecule has 0 aliphatic carbocycles. The van der Waals surface area contributed by atoms with E-state index >= 15 is 0 Å². The van der Waals surface area contributed by atoms with E-state index in [0.717, 1.165) is 51.4 Å². The van der Waals surface area contributed by atoms with E-state index in [1.165, 1.54) is 161 Å². The molecule has 1 saturated heterocycles. The predicted octanol–water partition coefficient (Wildman–Crippen LogP) is 11.0. The number of aliphatic hydroxyl groups is 7. The molecule has 390 valence electrons. The van der Waals surface area contributed by atoms with Crippen molar-refractivity contribution in [1.29, 1.82) is 0 Å². The lowest BCUT2D eigenvalue weighted by Gasteiger charge is -2.40. The first-order valence-electron chi connectivity index (χ1n) is 27.7. The van der Waals surface area contributed by atoms with Gasteiger partial charge in [0.2, 0.25) is 5.91 Å². The molecule has 0 aromatic heterocycles. The van der Waals surface area contributed by atoms with E-state index in [-0.39, 0.29) is 6.42 Å². The number of allylic oxidation sites excluding steroid dienone is 4. The van der Waals surface area contributed by atoms with Crippen molar-refractivity contribution in [3.8, 4) is 0 Å². The standard InChI is InChI=1S/C55H105NO10/c1-3-5-7-9-11-12-13-14-15-16-17-18-19-20-21-22-23-24-25-26-27-28-29-30-31-32-33-34-35-37-39-41-43-48(59)54(64)56-46(50(60)47(58)42-40-38-36-10-8-6-4-2)45-65-55-53(63)52(62)51(61)49(44-57)66-55/h17-18,20-21,46-53,55,57-63H,3-16,19,22-45H2,1-2H3,(H,56,64)/b18-17-,21-20-. The third kappa shape index (κ3) is 33.2. The minimum atomic E-state index is -1.66. The van der Waals surface area contributed by atoms with Gasteiger partial charge >= 0.3 is 0 Å². The van der Waals surface area contributed by atoms with E-state index < -0.39 is 74.2 Å². The van der Waals surface area contributed by atoms with E-state index in [9.17, 15) is 40.5 Å². The fourth-order valence-electron chi connectivity index (χ4n) is 8.94. The van der Waals surface area contributed by atoms with Gasteiger partial charge in [0.15, 0.2) is 6.29 Å². The number of carbonyl (C=O) groups excluding carboxylic acids is 1. The monoisotopic (exact) mass is 940 g/mol. The van der Waals surface area contributed by atoms with E-state index in [1.54, 1.807) is 0 Å². The van der Waals surface area contributed by atoms with Crippen LogP contribution in [0.5, 0.6) is 0 Å². The van der Waals surface area contributed by atoms with Crippen LogP contribution in [-0.4, -0.2) is 110 Å². The largest absolute Gasteiger partial charge is 0.394 e. The van der Waals surface area contributed by atoms with Crippen LogP contribution in [0.2, 0.25) is 0 Å². The molecule has 0 aromatic rings. The number of hydrogen-bond acceptors (Lipinski definition) is 10. The molecular weight excluding hydrogens is 835 g/mol. The van der Waals surface area contributed by atoms with Gasteiger partial charge in [-0.25, -0.2) is 0 Å². The molecule has 0 saturated carbocycles. The van der Waals surface area contributed by atoms with E-state index in [1.807, 2.05) is 0 Å². The molecule has 0 aromatic carbocycles. The Balaban J connectivity index is 2.13. The topological polar surface area (TPSA) is 189 Å². The molecule has 9 atom stereocenters. The Labute approximate surface area is 404 Å². The number of unbranched alkanes of at least 4 members (excludes halogenated alkanes) is 31. The molecule has 11 nitrogen and oxygen atoms in total. The van der Waals surface area contributed by atoms with Gasteiger partial charge in [-0.1, -0.05) is 231 Å². The second-order valence-electron chi connectivity index (χ2n) is 19.7. The highest BCUT2D eigenvalue weighted by atomic mass is 16.7. The molecule has 1 fully saturated rings. The van der Waals surface area contributed by atoms with Crippen molar-refractivity contribution in [1.82, 2.24) is 5.32 Å². The number of amides is 1. The molecule has 1 amide bonds. The van der Waals surface area contributed by atoms with Crippen LogP contribution in [-0.2, 0) is 14.3 Å². The van der Waals surface area contributed by atoms with Gasteiger partial charge < -0.3 is 50.5 Å². The Hall–Kier alpha value is -1.41. The fourth-order valence-corrected chi connectivity index (χ4v) is 8.94. The summed E-state index contributed by atoms with van der Waals surface area (Å²) in [5.41, 5.74) is 0. The Morgan fingerprint density at radius 3 is 1.35 bits per heavy atom. The summed E-state index contributed by atoms with van der Waals surface area (Å²) < 4.78 is 11.1. The van der Waals surface area contributed by atoms with Crippen LogP contribution >= 0.6 is 0 Å². The van der Waals surface area contributed by atoms with Crippen molar-refractivity contribution in [2.75, 3.05) is 13.2 Å². The van der Waals surface area contributed by atoms with Crippen LogP contribution in [0.25, 0.3) is 0 Å². The van der Waals surface area contributed by atoms with Crippen LogP contribution in [0.3, 0.4) is 0 Å². The van der Waals surface area contributed by atoms with Crippen LogP contribution in [0.15, 0.2) is 24.3 Å². The molecule has 1 aliphatic heterocycles. The smallest absolute Gasteiger partial charge is 0.249 e. The lowest BCUT2D eigenvalue weighted by Crippen LogP contribution is -2.60. The number of aliphatic hydroxyl groups excluding tert-OH is 7. The van der Waals surface area contributed by atoms with E-state index in [4.69, 9.17) is 9.47 Å². The number of nitrogens with one attached hydrogen (secondary N) is 1. The highest BCUT2D eigenvalue weighted by Gasteiger charge is 2.44. The highest BCUT2D eigenvalue weighted by Crippen LogP contribution is 2.23. The second-order valence-corrected chi connectivity index (χ2v) is 19.7. The Morgan fingerprint density at radius 1 is 0.530 bits per heavy atom. The zero-order valence-electron chi connectivity index (χ0n) is 42.4. The van der Waals surface area contributed by atoms with Gasteiger partial charge in [0.05, 0.1) is 25.4 Å². The average molecular weight is 940 g/mol. The molecule has 0 radical (unpaired) electrons.